The largest absolute Gasteiger partial charge is 0.462 e. The van der Waals surface area contributed by atoms with Gasteiger partial charge in [0, 0.05) is 19.6 Å². The molecule has 2 aliphatic heterocycles. The fraction of sp³-hybridized carbons (Fsp3) is 0.667. The van der Waals surface area contributed by atoms with Crippen LogP contribution in [0.1, 0.15) is 30.9 Å². The molecule has 0 radical (unpaired) electrons. The first-order chi connectivity index (χ1) is 13.3. The van der Waals surface area contributed by atoms with Crippen molar-refractivity contribution in [1.29, 1.82) is 0 Å². The predicted molar refractivity (Wildman–Crippen MR) is 118 cm³/mol. The molecule has 0 bridgehead atoms. The lowest BCUT2D eigenvalue weighted by Crippen LogP contribution is -2.39. The molecule has 3 rings (SSSR count). The van der Waals surface area contributed by atoms with E-state index in [0.717, 1.165) is 64.3 Å². The Kier molecular flexibility index (Phi) is 13.5. The fourth-order valence-electron chi connectivity index (χ4n) is 3.71. The summed E-state index contributed by atoms with van der Waals surface area (Å²) in [5.41, 5.74) is 1.01. The monoisotopic (exact) mass is 448 g/mol. The van der Waals surface area contributed by atoms with Crippen LogP contribution < -0.4 is 0 Å². The zero-order valence-electron chi connectivity index (χ0n) is 17.0. The summed E-state index contributed by atoms with van der Waals surface area (Å²) in [4.78, 5) is 17.4. The number of piperidine rings is 1. The number of benzene rings is 1. The van der Waals surface area contributed by atoms with Crippen LogP contribution in [0.25, 0.3) is 0 Å². The molecule has 0 amide bonds. The van der Waals surface area contributed by atoms with Gasteiger partial charge < -0.3 is 14.2 Å². The molecule has 166 valence electrons. The lowest BCUT2D eigenvalue weighted by atomic mass is 10.0. The summed E-state index contributed by atoms with van der Waals surface area (Å²) in [5, 5.41) is 0. The number of carbonyl (C=O) groups excluding carboxylic acids is 1. The molecule has 0 spiro atoms. The summed E-state index contributed by atoms with van der Waals surface area (Å²) in [6.45, 7) is 7.74. The van der Waals surface area contributed by atoms with Gasteiger partial charge in [-0.05, 0) is 31.5 Å². The molecule has 2 aliphatic rings. The minimum atomic E-state index is -0.306. The van der Waals surface area contributed by atoms with Gasteiger partial charge in [-0.3, -0.25) is 9.80 Å². The van der Waals surface area contributed by atoms with Crippen LogP contribution in [0.15, 0.2) is 30.3 Å². The second-order valence-electron chi connectivity index (χ2n) is 7.14. The molecule has 2 heterocycles. The van der Waals surface area contributed by atoms with Gasteiger partial charge in [0.25, 0.3) is 0 Å². The van der Waals surface area contributed by atoms with E-state index in [-0.39, 0.29) is 36.8 Å². The van der Waals surface area contributed by atoms with Crippen LogP contribution in [0.3, 0.4) is 0 Å². The van der Waals surface area contributed by atoms with Gasteiger partial charge in [-0.2, -0.15) is 0 Å². The van der Waals surface area contributed by atoms with Gasteiger partial charge in [0.2, 0.25) is 0 Å². The summed E-state index contributed by atoms with van der Waals surface area (Å²) in [5.74, 6) is -0.167. The zero-order chi connectivity index (χ0) is 18.7. The summed E-state index contributed by atoms with van der Waals surface area (Å²) < 4.78 is 16.5. The Morgan fingerprint density at radius 3 is 2.31 bits per heavy atom. The average molecular weight is 449 g/mol. The highest BCUT2D eigenvalue weighted by Gasteiger charge is 2.29. The van der Waals surface area contributed by atoms with Crippen molar-refractivity contribution in [3.05, 3.63) is 35.9 Å². The number of halogens is 2. The minimum Gasteiger partial charge on any atom is -0.462 e. The van der Waals surface area contributed by atoms with Gasteiger partial charge >= 0.3 is 5.97 Å². The third-order valence-corrected chi connectivity index (χ3v) is 5.22. The summed E-state index contributed by atoms with van der Waals surface area (Å²) in [7, 11) is 0. The molecule has 6 nitrogen and oxygen atoms in total. The molecule has 1 aromatic carbocycles. The number of ether oxygens (including phenoxy) is 3. The maximum atomic E-state index is 12.8. The topological polar surface area (TPSA) is 51.2 Å². The van der Waals surface area contributed by atoms with Gasteiger partial charge in [-0.25, -0.2) is 4.79 Å². The molecule has 0 N–H and O–H groups in total. The third-order valence-electron chi connectivity index (χ3n) is 5.22. The van der Waals surface area contributed by atoms with Crippen molar-refractivity contribution in [2.75, 3.05) is 65.8 Å². The van der Waals surface area contributed by atoms with E-state index in [9.17, 15) is 4.79 Å². The van der Waals surface area contributed by atoms with E-state index in [4.69, 9.17) is 14.2 Å². The summed E-state index contributed by atoms with van der Waals surface area (Å²) in [6.07, 6.45) is 3.52. The third kappa shape index (κ3) is 8.79. The summed E-state index contributed by atoms with van der Waals surface area (Å²) in [6, 6.07) is 9.66. The van der Waals surface area contributed by atoms with E-state index in [1.165, 1.54) is 6.42 Å². The molecule has 2 saturated heterocycles. The Balaban J connectivity index is 0.00000210. The highest BCUT2D eigenvalue weighted by atomic mass is 35.5. The fourth-order valence-corrected chi connectivity index (χ4v) is 3.71. The van der Waals surface area contributed by atoms with Crippen molar-refractivity contribution in [2.45, 2.75) is 25.3 Å². The highest BCUT2D eigenvalue weighted by molar-refractivity contribution is 5.85. The van der Waals surface area contributed by atoms with Crippen LogP contribution in [0.4, 0.5) is 0 Å². The van der Waals surface area contributed by atoms with Gasteiger partial charge in [0.05, 0.1) is 26.4 Å². The quantitative estimate of drug-likeness (QED) is 0.427. The van der Waals surface area contributed by atoms with Crippen LogP contribution in [0.2, 0.25) is 0 Å². The molecule has 8 heteroatoms. The van der Waals surface area contributed by atoms with Crippen molar-refractivity contribution in [2.24, 2.45) is 0 Å². The zero-order valence-corrected chi connectivity index (χ0v) is 18.6. The Hall–Kier alpha value is -0.890. The number of hydrogen-bond acceptors (Lipinski definition) is 6. The maximum Gasteiger partial charge on any atom is 0.328 e. The number of morpholine rings is 1. The van der Waals surface area contributed by atoms with Crippen molar-refractivity contribution in [3.8, 4) is 0 Å². The van der Waals surface area contributed by atoms with Crippen LogP contribution in [0.5, 0.6) is 0 Å². The van der Waals surface area contributed by atoms with E-state index >= 15 is 0 Å². The molecular formula is C21H34Cl2N2O4. The summed E-state index contributed by atoms with van der Waals surface area (Å²) >= 11 is 0. The number of hydrogen-bond donors (Lipinski definition) is 0. The molecular weight excluding hydrogens is 415 g/mol. The van der Waals surface area contributed by atoms with Crippen molar-refractivity contribution in [1.82, 2.24) is 9.80 Å². The minimum absolute atomic E-state index is 0. The van der Waals surface area contributed by atoms with Crippen molar-refractivity contribution in [3.63, 3.8) is 0 Å². The van der Waals surface area contributed by atoms with Crippen LogP contribution in [-0.4, -0.2) is 81.5 Å². The van der Waals surface area contributed by atoms with Gasteiger partial charge in [-0.1, -0.05) is 36.8 Å². The first-order valence-electron chi connectivity index (χ1n) is 10.2. The molecule has 29 heavy (non-hydrogen) atoms. The first kappa shape index (κ1) is 26.1. The Morgan fingerprint density at radius 2 is 1.62 bits per heavy atom. The van der Waals surface area contributed by atoms with Crippen LogP contribution in [-0.2, 0) is 19.0 Å². The van der Waals surface area contributed by atoms with E-state index in [1.807, 2.05) is 30.3 Å². The second kappa shape index (κ2) is 15.0. The van der Waals surface area contributed by atoms with E-state index in [0.29, 0.717) is 19.8 Å². The number of rotatable bonds is 9. The van der Waals surface area contributed by atoms with Crippen molar-refractivity contribution < 1.29 is 19.0 Å². The Morgan fingerprint density at radius 1 is 0.931 bits per heavy atom. The number of likely N-dealkylation sites (tertiary alicyclic amines) is 1. The Labute approximate surface area is 186 Å². The lowest BCUT2D eigenvalue weighted by molar-refractivity contribution is -0.152. The van der Waals surface area contributed by atoms with Gasteiger partial charge in [0.1, 0.15) is 12.6 Å². The highest BCUT2D eigenvalue weighted by Crippen LogP contribution is 2.25. The van der Waals surface area contributed by atoms with Gasteiger partial charge in [-0.15, -0.1) is 24.8 Å². The molecule has 0 saturated carbocycles. The molecule has 1 atom stereocenters. The van der Waals surface area contributed by atoms with E-state index in [2.05, 4.69) is 9.80 Å². The predicted octanol–water partition coefficient (Wildman–Crippen LogP) is 2.95. The van der Waals surface area contributed by atoms with E-state index in [1.54, 1.807) is 0 Å². The molecule has 1 aromatic rings. The standard InChI is InChI=1S/C21H32N2O4.2ClH/c24-21(27-18-17-26-16-13-22-11-14-25-15-12-22)20(19-7-3-1-4-8-19)23-9-5-2-6-10-23;;/h1,3-4,7-8,20H,2,5-6,9-18H2;2*1H. The first-order valence-corrected chi connectivity index (χ1v) is 10.2. The number of carbonyl (C=O) groups is 1. The Bertz CT molecular complexity index is 553. The van der Waals surface area contributed by atoms with Crippen molar-refractivity contribution >= 4 is 30.8 Å². The van der Waals surface area contributed by atoms with E-state index < -0.39 is 0 Å². The number of nitrogens with zero attached hydrogens (tertiary/aromatic N) is 2. The normalized spacial score (nSPS) is 18.9. The van der Waals surface area contributed by atoms with Crippen LogP contribution >= 0.6 is 24.8 Å². The lowest BCUT2D eigenvalue weighted by Gasteiger charge is -2.33. The molecule has 0 aromatic heterocycles. The maximum absolute atomic E-state index is 12.8. The molecule has 2 fully saturated rings. The second-order valence-corrected chi connectivity index (χ2v) is 7.14. The SMILES string of the molecule is Cl.Cl.O=C(OCCOCCN1CCOCC1)C(c1ccccc1)N1CCCCC1. The molecule has 1 unspecified atom stereocenters. The average Bonchev–Trinajstić information content (AvgIpc) is 2.73. The smallest absolute Gasteiger partial charge is 0.328 e. The van der Waals surface area contributed by atoms with Gasteiger partial charge in [0.15, 0.2) is 0 Å². The number of esters is 1. The van der Waals surface area contributed by atoms with Crippen LogP contribution in [0, 0.1) is 0 Å². The molecule has 0 aliphatic carbocycles.